The largest absolute Gasteiger partial charge is 0.361 e. The van der Waals surface area contributed by atoms with Gasteiger partial charge in [0.05, 0.1) is 6.61 Å². The van der Waals surface area contributed by atoms with Crippen LogP contribution in [0.3, 0.4) is 0 Å². The maximum Gasteiger partial charge on any atom is 0.257 e. The van der Waals surface area contributed by atoms with Gasteiger partial charge in [-0.05, 0) is 29.7 Å². The van der Waals surface area contributed by atoms with Crippen molar-refractivity contribution in [2.45, 2.75) is 31.5 Å². The smallest absolute Gasteiger partial charge is 0.257 e. The van der Waals surface area contributed by atoms with Gasteiger partial charge < -0.3 is 9.64 Å². The highest BCUT2D eigenvalue weighted by Gasteiger charge is 2.56. The Balaban J connectivity index is 1.45. The monoisotopic (exact) mass is 427 g/mol. The Labute approximate surface area is 189 Å². The molecule has 5 heteroatoms. The highest BCUT2D eigenvalue weighted by Crippen LogP contribution is 2.42. The first-order valence-corrected chi connectivity index (χ1v) is 11.3. The second-order valence-electron chi connectivity index (χ2n) is 8.95. The molecule has 0 bridgehead atoms. The lowest BCUT2D eigenvalue weighted by Crippen LogP contribution is -2.59. The molecule has 1 amide bonds. The quantitative estimate of drug-likeness (QED) is 0.622. The summed E-state index contributed by atoms with van der Waals surface area (Å²) in [7, 11) is 0. The van der Waals surface area contributed by atoms with Gasteiger partial charge in [-0.15, -0.1) is 0 Å². The predicted octanol–water partition coefficient (Wildman–Crippen LogP) is 3.79. The van der Waals surface area contributed by atoms with E-state index in [1.165, 1.54) is 11.1 Å². The highest BCUT2D eigenvalue weighted by molar-refractivity contribution is 5.88. The van der Waals surface area contributed by atoms with E-state index >= 15 is 0 Å². The van der Waals surface area contributed by atoms with Crippen molar-refractivity contribution < 1.29 is 9.53 Å². The summed E-state index contributed by atoms with van der Waals surface area (Å²) in [5.74, 6) is 0.0419. The van der Waals surface area contributed by atoms with E-state index in [-0.39, 0.29) is 11.8 Å². The molecule has 5 rings (SSSR count). The number of morpholine rings is 1. The lowest BCUT2D eigenvalue weighted by Gasteiger charge is -2.42. The zero-order valence-electron chi connectivity index (χ0n) is 18.5. The van der Waals surface area contributed by atoms with Crippen LogP contribution in [0.4, 0.5) is 0 Å². The molecule has 0 unspecified atom stereocenters. The second-order valence-corrected chi connectivity index (χ2v) is 8.95. The average Bonchev–Trinajstić information content (AvgIpc) is 3.17. The lowest BCUT2D eigenvalue weighted by atomic mass is 9.83. The van der Waals surface area contributed by atoms with Crippen molar-refractivity contribution in [3.05, 3.63) is 101 Å². The maximum absolute atomic E-state index is 13.9. The van der Waals surface area contributed by atoms with Crippen molar-refractivity contribution in [3.63, 3.8) is 0 Å². The van der Waals surface area contributed by atoms with Crippen molar-refractivity contribution in [3.8, 4) is 0 Å². The van der Waals surface area contributed by atoms with E-state index in [4.69, 9.17) is 4.74 Å². The standard InChI is InChI=1S/C27H29N3O2/c1-21-7-5-10-23(15-21)17-29-19-25(24-11-6-12-28-16-24)27(20-29)26(31)30(13-14-32-27)18-22-8-3-2-4-9-22/h2-12,15-16,25H,13-14,17-20H2,1H3/t25-,27+/m1/s1. The SMILES string of the molecule is Cc1cccc(CN2C[C@H](c3cccnc3)[C@]3(C2)OCCN(Cc2ccccc2)C3=O)c1. The topological polar surface area (TPSA) is 45.7 Å². The Morgan fingerprint density at radius 3 is 2.66 bits per heavy atom. The van der Waals surface area contributed by atoms with E-state index in [0.29, 0.717) is 26.2 Å². The van der Waals surface area contributed by atoms with Gasteiger partial charge in [0.15, 0.2) is 5.60 Å². The van der Waals surface area contributed by atoms with Crippen molar-refractivity contribution in [1.82, 2.24) is 14.8 Å². The van der Waals surface area contributed by atoms with Crippen LogP contribution in [-0.4, -0.2) is 52.5 Å². The van der Waals surface area contributed by atoms with Crippen LogP contribution in [0.15, 0.2) is 79.1 Å². The number of aryl methyl sites for hydroxylation is 1. The summed E-state index contributed by atoms with van der Waals surface area (Å²) in [4.78, 5) is 22.6. The first kappa shape index (κ1) is 20.9. The summed E-state index contributed by atoms with van der Waals surface area (Å²) >= 11 is 0. The summed E-state index contributed by atoms with van der Waals surface area (Å²) < 4.78 is 6.40. The molecule has 0 radical (unpaired) electrons. The number of benzene rings is 2. The van der Waals surface area contributed by atoms with Crippen LogP contribution in [0.25, 0.3) is 0 Å². The minimum Gasteiger partial charge on any atom is -0.361 e. The van der Waals surface area contributed by atoms with Gasteiger partial charge in [-0.3, -0.25) is 14.7 Å². The molecular weight excluding hydrogens is 398 g/mol. The predicted molar refractivity (Wildman–Crippen MR) is 124 cm³/mol. The number of carbonyl (C=O) groups is 1. The summed E-state index contributed by atoms with van der Waals surface area (Å²) in [5.41, 5.74) is 3.84. The third-order valence-corrected chi connectivity index (χ3v) is 6.62. The van der Waals surface area contributed by atoms with Crippen LogP contribution >= 0.6 is 0 Å². The maximum atomic E-state index is 13.9. The Kier molecular flexibility index (Phi) is 5.77. The van der Waals surface area contributed by atoms with Gasteiger partial charge in [0.1, 0.15) is 0 Å². The van der Waals surface area contributed by atoms with Gasteiger partial charge in [0, 0.05) is 51.0 Å². The molecule has 2 atom stereocenters. The van der Waals surface area contributed by atoms with Crippen LogP contribution in [0.2, 0.25) is 0 Å². The van der Waals surface area contributed by atoms with Crippen LogP contribution in [0.5, 0.6) is 0 Å². The van der Waals surface area contributed by atoms with Crippen molar-refractivity contribution in [1.29, 1.82) is 0 Å². The molecule has 3 aromatic rings. The lowest BCUT2D eigenvalue weighted by molar-refractivity contribution is -0.173. The van der Waals surface area contributed by atoms with Crippen molar-refractivity contribution >= 4 is 5.91 Å². The van der Waals surface area contributed by atoms with Crippen molar-refractivity contribution in [2.75, 3.05) is 26.2 Å². The number of likely N-dealkylation sites (tertiary alicyclic amines) is 1. The van der Waals surface area contributed by atoms with E-state index in [0.717, 1.165) is 24.2 Å². The first-order valence-electron chi connectivity index (χ1n) is 11.3. The highest BCUT2D eigenvalue weighted by atomic mass is 16.5. The Bertz CT molecular complexity index is 1070. The molecule has 1 spiro atoms. The molecule has 1 aromatic heterocycles. The summed E-state index contributed by atoms with van der Waals surface area (Å²) in [5, 5.41) is 0. The number of aromatic nitrogens is 1. The number of pyridine rings is 1. The molecule has 164 valence electrons. The molecule has 3 heterocycles. The molecule has 0 saturated carbocycles. The summed E-state index contributed by atoms with van der Waals surface area (Å²) in [6.07, 6.45) is 3.66. The molecule has 2 fully saturated rings. The molecule has 2 aromatic carbocycles. The van der Waals surface area contributed by atoms with Gasteiger partial charge in [-0.1, -0.05) is 66.2 Å². The van der Waals surface area contributed by atoms with Crippen LogP contribution in [0.1, 0.15) is 28.2 Å². The molecule has 2 saturated heterocycles. The number of nitrogens with zero attached hydrogens (tertiary/aromatic N) is 3. The fraction of sp³-hybridized carbons (Fsp3) is 0.333. The molecule has 32 heavy (non-hydrogen) atoms. The zero-order valence-corrected chi connectivity index (χ0v) is 18.5. The summed E-state index contributed by atoms with van der Waals surface area (Å²) in [6.45, 7) is 6.05. The Morgan fingerprint density at radius 2 is 1.88 bits per heavy atom. The third-order valence-electron chi connectivity index (χ3n) is 6.62. The van der Waals surface area contributed by atoms with E-state index in [2.05, 4.69) is 59.3 Å². The van der Waals surface area contributed by atoms with Crippen LogP contribution < -0.4 is 0 Å². The van der Waals surface area contributed by atoms with E-state index in [1.807, 2.05) is 35.4 Å². The minimum absolute atomic E-state index is 0.0490. The van der Waals surface area contributed by atoms with Crippen LogP contribution in [-0.2, 0) is 22.6 Å². The Hall–Kier alpha value is -3.02. The fourth-order valence-corrected chi connectivity index (χ4v) is 5.14. The van der Waals surface area contributed by atoms with Crippen molar-refractivity contribution in [2.24, 2.45) is 0 Å². The van der Waals surface area contributed by atoms with Gasteiger partial charge in [0.25, 0.3) is 5.91 Å². The molecule has 2 aliphatic heterocycles. The van der Waals surface area contributed by atoms with Gasteiger partial charge >= 0.3 is 0 Å². The molecule has 2 aliphatic rings. The molecular formula is C27H29N3O2. The third kappa shape index (κ3) is 4.06. The van der Waals surface area contributed by atoms with E-state index < -0.39 is 5.60 Å². The normalized spacial score (nSPS) is 23.7. The fourth-order valence-electron chi connectivity index (χ4n) is 5.14. The second kappa shape index (κ2) is 8.85. The van der Waals surface area contributed by atoms with E-state index in [9.17, 15) is 4.79 Å². The molecule has 0 N–H and O–H groups in total. The molecule has 5 nitrogen and oxygen atoms in total. The number of rotatable bonds is 5. The van der Waals surface area contributed by atoms with E-state index in [1.54, 1.807) is 6.20 Å². The zero-order chi connectivity index (χ0) is 22.0. The first-order chi connectivity index (χ1) is 15.6. The van der Waals surface area contributed by atoms with Gasteiger partial charge in [-0.25, -0.2) is 0 Å². The summed E-state index contributed by atoms with van der Waals surface area (Å²) in [6, 6.07) is 22.8. The number of ether oxygens (including phenoxy) is 1. The number of hydrogen-bond donors (Lipinski definition) is 0. The Morgan fingerprint density at radius 1 is 1.03 bits per heavy atom. The minimum atomic E-state index is -0.875. The average molecular weight is 428 g/mol. The number of amides is 1. The van der Waals surface area contributed by atoms with Gasteiger partial charge in [0.2, 0.25) is 0 Å². The van der Waals surface area contributed by atoms with Gasteiger partial charge in [-0.2, -0.15) is 0 Å². The number of carbonyl (C=O) groups excluding carboxylic acids is 1. The van der Waals surface area contributed by atoms with Crippen LogP contribution in [0, 0.1) is 6.92 Å². The molecule has 0 aliphatic carbocycles. The number of hydrogen-bond acceptors (Lipinski definition) is 4.